The second kappa shape index (κ2) is 6.61. The number of aromatic nitrogens is 1. The first-order chi connectivity index (χ1) is 12.2. The summed E-state index contributed by atoms with van der Waals surface area (Å²) in [5.41, 5.74) is 0.723. The van der Waals surface area contributed by atoms with E-state index in [9.17, 15) is 18.0 Å². The number of hydrogen-bond acceptors (Lipinski definition) is 3. The molecule has 0 spiro atoms. The summed E-state index contributed by atoms with van der Waals surface area (Å²) in [5.74, 6) is -0.628. The van der Waals surface area contributed by atoms with Gasteiger partial charge in [-0.2, -0.15) is 13.2 Å². The van der Waals surface area contributed by atoms with Gasteiger partial charge >= 0.3 is 12.1 Å². The van der Waals surface area contributed by atoms with Crippen LogP contribution in [0.4, 0.5) is 13.2 Å². The summed E-state index contributed by atoms with van der Waals surface area (Å²) in [6, 6.07) is 9.72. The van der Waals surface area contributed by atoms with Crippen LogP contribution in [0.1, 0.15) is 21.5 Å². The highest BCUT2D eigenvalue weighted by atomic mass is 35.5. The molecule has 0 fully saturated rings. The van der Waals surface area contributed by atoms with Crippen molar-refractivity contribution in [2.24, 2.45) is 0 Å². The average Bonchev–Trinajstić information content (AvgIpc) is 2.60. The van der Waals surface area contributed by atoms with Crippen LogP contribution in [0.25, 0.3) is 22.2 Å². The first-order valence-corrected chi connectivity index (χ1v) is 7.96. The molecular formula is C19H13ClF3NO2. The molecule has 3 nitrogen and oxygen atoms in total. The molecule has 0 bridgehead atoms. The molecule has 0 aliphatic rings. The minimum Gasteiger partial charge on any atom is -0.465 e. The van der Waals surface area contributed by atoms with E-state index in [1.165, 1.54) is 19.2 Å². The predicted molar refractivity (Wildman–Crippen MR) is 93.3 cm³/mol. The number of halogens is 4. The normalized spacial score (nSPS) is 11.6. The van der Waals surface area contributed by atoms with Crippen LogP contribution in [0.3, 0.4) is 0 Å². The highest BCUT2D eigenvalue weighted by Gasteiger charge is 2.31. The summed E-state index contributed by atoms with van der Waals surface area (Å²) in [6.45, 7) is 1.61. The number of esters is 1. The van der Waals surface area contributed by atoms with E-state index < -0.39 is 17.7 Å². The van der Waals surface area contributed by atoms with Crippen LogP contribution in [-0.2, 0) is 10.9 Å². The second-order valence-electron chi connectivity index (χ2n) is 5.66. The van der Waals surface area contributed by atoms with Gasteiger partial charge in [0.2, 0.25) is 0 Å². The monoisotopic (exact) mass is 379 g/mol. The summed E-state index contributed by atoms with van der Waals surface area (Å²) in [5, 5.41) is 0.725. The second-order valence-corrected chi connectivity index (χ2v) is 6.07. The minimum atomic E-state index is -4.48. The summed E-state index contributed by atoms with van der Waals surface area (Å²) in [6.07, 6.45) is -4.48. The Balaban J connectivity index is 2.35. The molecule has 2 aromatic carbocycles. The molecule has 0 amide bonds. The Labute approximate surface area is 152 Å². The van der Waals surface area contributed by atoms with Gasteiger partial charge in [-0.05, 0) is 36.8 Å². The van der Waals surface area contributed by atoms with Gasteiger partial charge in [0.25, 0.3) is 0 Å². The van der Waals surface area contributed by atoms with Crippen LogP contribution >= 0.6 is 11.6 Å². The van der Waals surface area contributed by atoms with Crippen LogP contribution in [0.5, 0.6) is 0 Å². The van der Waals surface area contributed by atoms with Gasteiger partial charge in [-0.25, -0.2) is 9.78 Å². The maximum Gasteiger partial charge on any atom is 0.416 e. The predicted octanol–water partition coefficient (Wildman–Crippen LogP) is 5.67. The third kappa shape index (κ3) is 3.12. The summed E-state index contributed by atoms with van der Waals surface area (Å²) >= 11 is 6.22. The Morgan fingerprint density at radius 3 is 2.50 bits per heavy atom. The third-order valence-corrected chi connectivity index (χ3v) is 4.37. The quantitative estimate of drug-likeness (QED) is 0.538. The number of rotatable bonds is 2. The largest absolute Gasteiger partial charge is 0.465 e. The zero-order valence-electron chi connectivity index (χ0n) is 13.8. The van der Waals surface area contributed by atoms with Crippen LogP contribution in [0.2, 0.25) is 5.02 Å². The maximum atomic E-state index is 13.0. The SMILES string of the molecule is COC(=O)c1c(C)c(-c2cccc(C(F)(F)F)c2)nc2cccc(Cl)c12. The lowest BCUT2D eigenvalue weighted by Crippen LogP contribution is -2.09. The number of benzene rings is 2. The molecule has 0 N–H and O–H groups in total. The lowest BCUT2D eigenvalue weighted by atomic mass is 9.97. The fraction of sp³-hybridized carbons (Fsp3) is 0.158. The van der Waals surface area contributed by atoms with Crippen LogP contribution in [-0.4, -0.2) is 18.1 Å². The van der Waals surface area contributed by atoms with E-state index in [1.807, 2.05) is 0 Å². The van der Waals surface area contributed by atoms with E-state index >= 15 is 0 Å². The topological polar surface area (TPSA) is 39.2 Å². The van der Waals surface area contributed by atoms with Crippen molar-refractivity contribution in [3.63, 3.8) is 0 Å². The van der Waals surface area contributed by atoms with E-state index in [2.05, 4.69) is 4.98 Å². The molecule has 1 aromatic heterocycles. The molecule has 0 atom stereocenters. The van der Waals surface area contributed by atoms with Crippen LogP contribution in [0.15, 0.2) is 42.5 Å². The number of carbonyl (C=O) groups is 1. The van der Waals surface area contributed by atoms with Gasteiger partial charge in [-0.1, -0.05) is 29.8 Å². The fourth-order valence-corrected chi connectivity index (χ4v) is 3.11. The van der Waals surface area contributed by atoms with E-state index in [-0.39, 0.29) is 16.8 Å². The van der Waals surface area contributed by atoms with Crippen molar-refractivity contribution in [3.8, 4) is 11.3 Å². The molecule has 7 heteroatoms. The molecule has 134 valence electrons. The Bertz CT molecular complexity index is 1020. The Kier molecular flexibility index (Phi) is 4.63. The van der Waals surface area contributed by atoms with Gasteiger partial charge in [-0.15, -0.1) is 0 Å². The number of alkyl halides is 3. The van der Waals surface area contributed by atoms with Crippen molar-refractivity contribution in [2.75, 3.05) is 7.11 Å². The maximum absolute atomic E-state index is 13.0. The van der Waals surface area contributed by atoms with Crippen LogP contribution in [0, 0.1) is 6.92 Å². The summed E-state index contributed by atoms with van der Waals surface area (Å²) in [7, 11) is 1.23. The number of methoxy groups -OCH3 is 1. The van der Waals surface area contributed by atoms with Gasteiger partial charge in [0.1, 0.15) is 0 Å². The zero-order chi connectivity index (χ0) is 19.1. The number of ether oxygens (including phenoxy) is 1. The van der Waals surface area contributed by atoms with Crippen molar-refractivity contribution >= 4 is 28.5 Å². The van der Waals surface area contributed by atoms with Gasteiger partial charge in [0.05, 0.1) is 34.5 Å². The minimum absolute atomic E-state index is 0.190. The standard InChI is InChI=1S/C19H13ClF3NO2/c1-10-15(18(25)26-2)16-13(20)7-4-8-14(16)24-17(10)11-5-3-6-12(9-11)19(21,22)23/h3-9H,1-2H3. The van der Waals surface area contributed by atoms with Crippen molar-refractivity contribution in [3.05, 3.63) is 64.2 Å². The lowest BCUT2D eigenvalue weighted by molar-refractivity contribution is -0.137. The molecule has 3 aromatic rings. The number of carbonyl (C=O) groups excluding carboxylic acids is 1. The molecule has 1 heterocycles. The van der Waals surface area contributed by atoms with Gasteiger partial charge in [0, 0.05) is 10.9 Å². The molecule has 0 saturated heterocycles. The Hall–Kier alpha value is -2.60. The first kappa shape index (κ1) is 18.2. The first-order valence-electron chi connectivity index (χ1n) is 7.59. The summed E-state index contributed by atoms with van der Waals surface area (Å²) < 4.78 is 44.0. The highest BCUT2D eigenvalue weighted by molar-refractivity contribution is 6.36. The van der Waals surface area contributed by atoms with Crippen molar-refractivity contribution in [1.82, 2.24) is 4.98 Å². The Morgan fingerprint density at radius 2 is 1.85 bits per heavy atom. The molecule has 0 aliphatic heterocycles. The molecule has 0 aliphatic carbocycles. The van der Waals surface area contributed by atoms with Crippen molar-refractivity contribution < 1.29 is 22.7 Å². The molecule has 0 saturated carbocycles. The van der Waals surface area contributed by atoms with Gasteiger partial charge in [0.15, 0.2) is 0 Å². The van der Waals surface area contributed by atoms with E-state index in [0.29, 0.717) is 21.5 Å². The summed E-state index contributed by atoms with van der Waals surface area (Å²) in [4.78, 5) is 16.8. The van der Waals surface area contributed by atoms with E-state index in [4.69, 9.17) is 16.3 Å². The molecule has 0 radical (unpaired) electrons. The smallest absolute Gasteiger partial charge is 0.416 e. The molecule has 0 unspecified atom stereocenters. The number of pyridine rings is 1. The number of hydrogen-bond donors (Lipinski definition) is 0. The van der Waals surface area contributed by atoms with E-state index in [0.717, 1.165) is 12.1 Å². The zero-order valence-corrected chi connectivity index (χ0v) is 14.6. The third-order valence-electron chi connectivity index (χ3n) is 4.06. The molecule has 3 rings (SSSR count). The molecule has 26 heavy (non-hydrogen) atoms. The van der Waals surface area contributed by atoms with Gasteiger partial charge < -0.3 is 4.74 Å². The number of fused-ring (bicyclic) bond motifs is 1. The molecular weight excluding hydrogens is 367 g/mol. The Morgan fingerprint density at radius 1 is 1.15 bits per heavy atom. The van der Waals surface area contributed by atoms with Gasteiger partial charge in [-0.3, -0.25) is 0 Å². The van der Waals surface area contributed by atoms with Crippen molar-refractivity contribution in [1.29, 1.82) is 0 Å². The average molecular weight is 380 g/mol. The van der Waals surface area contributed by atoms with E-state index in [1.54, 1.807) is 25.1 Å². The number of nitrogens with zero attached hydrogens (tertiary/aromatic N) is 1. The van der Waals surface area contributed by atoms with Crippen molar-refractivity contribution in [2.45, 2.75) is 13.1 Å². The lowest BCUT2D eigenvalue weighted by Gasteiger charge is -2.15. The fourth-order valence-electron chi connectivity index (χ4n) is 2.84. The van der Waals surface area contributed by atoms with Crippen LogP contribution < -0.4 is 0 Å². The highest BCUT2D eigenvalue weighted by Crippen LogP contribution is 2.36.